The average Bonchev–Trinajstić information content (AvgIpc) is 2.34. The van der Waals surface area contributed by atoms with Gasteiger partial charge in [-0.25, -0.2) is 0 Å². The van der Waals surface area contributed by atoms with Crippen molar-refractivity contribution in [3.05, 3.63) is 0 Å². The fraction of sp³-hybridized carbons (Fsp3) is 1.00. The van der Waals surface area contributed by atoms with Gasteiger partial charge in [-0.2, -0.15) is 0 Å². The fourth-order valence-corrected chi connectivity index (χ4v) is 2.07. The molecule has 0 unspecified atom stereocenters. The van der Waals surface area contributed by atoms with Crippen LogP contribution in [0.25, 0.3) is 0 Å². The molecule has 0 saturated heterocycles. The van der Waals surface area contributed by atoms with Crippen molar-refractivity contribution in [3.63, 3.8) is 0 Å². The Morgan fingerprint density at radius 3 is 1.63 bits per heavy atom. The highest BCUT2D eigenvalue weighted by atomic mass is 79.9. The molecule has 0 radical (unpaired) electrons. The zero-order valence-electron chi connectivity index (χ0n) is 13.5. The number of likely N-dealkylation sites (N-methyl/N-ethyl adjacent to an activating group) is 1. The molecule has 19 heavy (non-hydrogen) atoms. The van der Waals surface area contributed by atoms with Crippen LogP contribution < -0.4 is 21.9 Å². The number of ether oxygens (including phenoxy) is 1. The summed E-state index contributed by atoms with van der Waals surface area (Å²) in [6.45, 7) is 5.28. The summed E-state index contributed by atoms with van der Waals surface area (Å²) in [6.07, 6.45) is 14.0. The summed E-state index contributed by atoms with van der Waals surface area (Å²) >= 11 is 0. The van der Waals surface area contributed by atoms with E-state index in [1.165, 1.54) is 69.1 Å². The second-order valence-corrected chi connectivity index (χ2v) is 5.75. The van der Waals surface area contributed by atoms with Crippen molar-refractivity contribution in [2.24, 2.45) is 0 Å². The summed E-state index contributed by atoms with van der Waals surface area (Å²) < 4.78 is 5.60. The molecule has 0 heterocycles. The van der Waals surface area contributed by atoms with Crippen LogP contribution in [0.1, 0.15) is 71.1 Å². The van der Waals surface area contributed by atoms with E-state index in [4.69, 9.17) is 4.74 Å². The third-order valence-corrected chi connectivity index (χ3v) is 3.39. The van der Waals surface area contributed by atoms with Gasteiger partial charge in [-0.05, 0) is 6.42 Å². The lowest BCUT2D eigenvalue weighted by Gasteiger charge is -2.07. The van der Waals surface area contributed by atoms with E-state index in [1.807, 2.05) is 0 Å². The first-order valence-corrected chi connectivity index (χ1v) is 8.14. The minimum absolute atomic E-state index is 0. The third-order valence-electron chi connectivity index (χ3n) is 3.39. The third kappa shape index (κ3) is 20.9. The molecule has 0 spiro atoms. The van der Waals surface area contributed by atoms with Gasteiger partial charge in [-0.1, -0.05) is 64.7 Å². The number of nitrogens with one attached hydrogen (secondary N) is 1. The number of hydrogen-bond acceptors (Lipinski definition) is 1. The van der Waals surface area contributed by atoms with Crippen LogP contribution in [0.3, 0.4) is 0 Å². The van der Waals surface area contributed by atoms with Crippen LogP contribution in [-0.2, 0) is 4.74 Å². The molecule has 0 bridgehead atoms. The van der Waals surface area contributed by atoms with Gasteiger partial charge in [0.15, 0.2) is 0 Å². The smallest absolute Gasteiger partial charge is 0.100 e. The second kappa shape index (κ2) is 18.4. The molecule has 118 valence electrons. The lowest BCUT2D eigenvalue weighted by atomic mass is 10.1. The molecule has 0 atom stereocenters. The first-order chi connectivity index (χ1) is 8.77. The van der Waals surface area contributed by atoms with E-state index in [1.54, 1.807) is 0 Å². The molecule has 0 aliphatic rings. The standard InChI is InChI=1S/C16H35NO.BrH/c1-4-5-6-7-8-9-10-11-12-13-15-18-16-14-17(2)3;/h4-16H2,1-3H3;1H. The van der Waals surface area contributed by atoms with Crippen LogP contribution >= 0.6 is 0 Å². The van der Waals surface area contributed by atoms with Crippen LogP contribution in [-0.4, -0.2) is 33.9 Å². The molecule has 0 aromatic heterocycles. The topological polar surface area (TPSA) is 13.7 Å². The SMILES string of the molecule is CCCCCCCCCCCCOCC[NH+](C)C.[Br-]. The number of rotatable bonds is 14. The minimum atomic E-state index is 0. The highest BCUT2D eigenvalue weighted by molar-refractivity contribution is 4.47. The molecule has 0 rings (SSSR count). The average molecular weight is 338 g/mol. The number of unbranched alkanes of at least 4 members (excludes halogenated alkanes) is 9. The highest BCUT2D eigenvalue weighted by Crippen LogP contribution is 2.10. The van der Waals surface area contributed by atoms with Gasteiger partial charge in [-0.15, -0.1) is 0 Å². The van der Waals surface area contributed by atoms with Crippen molar-refractivity contribution < 1.29 is 26.6 Å². The van der Waals surface area contributed by atoms with Crippen LogP contribution in [0.5, 0.6) is 0 Å². The molecular formula is C16H36BrNO. The van der Waals surface area contributed by atoms with E-state index >= 15 is 0 Å². The first-order valence-electron chi connectivity index (χ1n) is 8.14. The molecule has 3 heteroatoms. The summed E-state index contributed by atoms with van der Waals surface area (Å²) in [6, 6.07) is 0. The van der Waals surface area contributed by atoms with Gasteiger partial charge in [0.25, 0.3) is 0 Å². The summed E-state index contributed by atoms with van der Waals surface area (Å²) in [5.41, 5.74) is 0. The van der Waals surface area contributed by atoms with E-state index in [-0.39, 0.29) is 17.0 Å². The molecule has 1 N–H and O–H groups in total. The zero-order valence-corrected chi connectivity index (χ0v) is 15.1. The summed E-state index contributed by atoms with van der Waals surface area (Å²) in [4.78, 5) is 1.47. The maximum absolute atomic E-state index is 5.60. The maximum atomic E-state index is 5.60. The van der Waals surface area contributed by atoms with Crippen molar-refractivity contribution in [3.8, 4) is 0 Å². The van der Waals surface area contributed by atoms with Gasteiger partial charge in [0, 0.05) is 6.61 Å². The molecular weight excluding hydrogens is 302 g/mol. The van der Waals surface area contributed by atoms with Crippen LogP contribution in [0.4, 0.5) is 0 Å². The molecule has 0 aromatic rings. The van der Waals surface area contributed by atoms with Gasteiger partial charge in [0.05, 0.1) is 20.7 Å². The van der Waals surface area contributed by atoms with Crippen molar-refractivity contribution in [2.75, 3.05) is 33.9 Å². The van der Waals surface area contributed by atoms with E-state index < -0.39 is 0 Å². The molecule has 0 aliphatic carbocycles. The second-order valence-electron chi connectivity index (χ2n) is 5.75. The summed E-state index contributed by atoms with van der Waals surface area (Å²) in [5, 5.41) is 0. The van der Waals surface area contributed by atoms with Crippen LogP contribution in [0.2, 0.25) is 0 Å². The Bertz CT molecular complexity index is 154. The largest absolute Gasteiger partial charge is 1.00 e. The lowest BCUT2D eigenvalue weighted by Crippen LogP contribution is -3.06. The predicted octanol–water partition coefficient (Wildman–Crippen LogP) is 0.0724. The van der Waals surface area contributed by atoms with E-state index in [0.717, 1.165) is 19.8 Å². The normalized spacial score (nSPS) is 10.7. The molecule has 0 aromatic carbocycles. The Balaban J connectivity index is 0. The van der Waals surface area contributed by atoms with Gasteiger partial charge in [-0.3, -0.25) is 0 Å². The molecule has 0 aliphatic heterocycles. The minimum Gasteiger partial charge on any atom is -1.00 e. The Morgan fingerprint density at radius 1 is 0.684 bits per heavy atom. The number of hydrogen-bond donors (Lipinski definition) is 1. The molecule has 0 amide bonds. The Labute approximate surface area is 132 Å². The summed E-state index contributed by atoms with van der Waals surface area (Å²) in [5.74, 6) is 0. The Kier molecular flexibility index (Phi) is 21.0. The van der Waals surface area contributed by atoms with Gasteiger partial charge in [0.2, 0.25) is 0 Å². The van der Waals surface area contributed by atoms with Gasteiger partial charge >= 0.3 is 0 Å². The van der Waals surface area contributed by atoms with E-state index in [2.05, 4.69) is 21.0 Å². The molecule has 0 saturated carbocycles. The molecule has 2 nitrogen and oxygen atoms in total. The lowest BCUT2D eigenvalue weighted by molar-refractivity contribution is -0.858. The number of halogens is 1. The van der Waals surface area contributed by atoms with Gasteiger partial charge in [0.1, 0.15) is 6.54 Å². The quantitative estimate of drug-likeness (QED) is 0.443. The van der Waals surface area contributed by atoms with Gasteiger partial charge < -0.3 is 26.6 Å². The van der Waals surface area contributed by atoms with Crippen molar-refractivity contribution in [1.29, 1.82) is 0 Å². The molecule has 0 fully saturated rings. The first kappa shape index (κ1) is 21.7. The highest BCUT2D eigenvalue weighted by Gasteiger charge is 1.95. The van der Waals surface area contributed by atoms with E-state index in [0.29, 0.717) is 0 Å². The fourth-order valence-electron chi connectivity index (χ4n) is 2.07. The zero-order chi connectivity index (χ0) is 13.5. The Morgan fingerprint density at radius 2 is 1.16 bits per heavy atom. The van der Waals surface area contributed by atoms with Crippen molar-refractivity contribution >= 4 is 0 Å². The number of quaternary nitrogens is 1. The van der Waals surface area contributed by atoms with Crippen LogP contribution in [0.15, 0.2) is 0 Å². The Hall–Kier alpha value is 0.400. The summed E-state index contributed by atoms with van der Waals surface area (Å²) in [7, 11) is 4.34. The monoisotopic (exact) mass is 337 g/mol. The van der Waals surface area contributed by atoms with Crippen molar-refractivity contribution in [2.45, 2.75) is 71.1 Å². The van der Waals surface area contributed by atoms with Crippen molar-refractivity contribution in [1.82, 2.24) is 0 Å². The van der Waals surface area contributed by atoms with Crippen LogP contribution in [0, 0.1) is 0 Å². The van der Waals surface area contributed by atoms with E-state index in [9.17, 15) is 0 Å². The maximum Gasteiger partial charge on any atom is 0.100 e. The predicted molar refractivity (Wildman–Crippen MR) is 80.3 cm³/mol.